The van der Waals surface area contributed by atoms with E-state index in [1.54, 1.807) is 24.1 Å². The highest BCUT2D eigenvalue weighted by molar-refractivity contribution is 7.99. The molecule has 0 saturated carbocycles. The number of carbonyl (C=O) groups is 2. The second-order valence-electron chi connectivity index (χ2n) is 7.62. The van der Waals surface area contributed by atoms with Gasteiger partial charge in [-0.15, -0.1) is 0 Å². The number of nitrogens with zero attached hydrogens (tertiary/aromatic N) is 3. The van der Waals surface area contributed by atoms with Crippen LogP contribution in [0, 0.1) is 0 Å². The summed E-state index contributed by atoms with van der Waals surface area (Å²) in [6.07, 6.45) is 0. The summed E-state index contributed by atoms with van der Waals surface area (Å²) in [5.41, 5.74) is 2.07. The van der Waals surface area contributed by atoms with Crippen LogP contribution >= 0.6 is 11.8 Å². The van der Waals surface area contributed by atoms with Gasteiger partial charge in [-0.25, -0.2) is 9.78 Å². The van der Waals surface area contributed by atoms with Crippen molar-refractivity contribution in [2.75, 3.05) is 19.9 Å². The summed E-state index contributed by atoms with van der Waals surface area (Å²) in [5.74, 6) is -0.501. The van der Waals surface area contributed by atoms with E-state index in [1.807, 2.05) is 60.7 Å². The lowest BCUT2D eigenvalue weighted by atomic mass is 10.1. The highest BCUT2D eigenvalue weighted by Gasteiger charge is 2.18. The molecule has 0 bridgehead atoms. The third kappa shape index (κ3) is 5.02. The zero-order valence-electron chi connectivity index (χ0n) is 18.8. The molecule has 0 aliphatic carbocycles. The summed E-state index contributed by atoms with van der Waals surface area (Å²) < 4.78 is 6.28. The Bertz CT molecular complexity index is 1390. The van der Waals surface area contributed by atoms with Gasteiger partial charge in [-0.2, -0.15) is 0 Å². The van der Waals surface area contributed by atoms with Gasteiger partial charge in [0.15, 0.2) is 5.16 Å². The van der Waals surface area contributed by atoms with Crippen molar-refractivity contribution in [2.45, 2.75) is 11.7 Å². The molecule has 1 amide bonds. The zero-order chi connectivity index (χ0) is 24.1. The molecule has 8 heteroatoms. The summed E-state index contributed by atoms with van der Waals surface area (Å²) in [6, 6.07) is 23.5. The van der Waals surface area contributed by atoms with Crippen LogP contribution in [0.15, 0.2) is 88.8 Å². The Kier molecular flexibility index (Phi) is 7.08. The van der Waals surface area contributed by atoms with E-state index >= 15 is 0 Å². The van der Waals surface area contributed by atoms with Crippen LogP contribution in [0.1, 0.15) is 15.9 Å². The molecule has 1 heterocycles. The van der Waals surface area contributed by atoms with Gasteiger partial charge >= 0.3 is 5.97 Å². The summed E-state index contributed by atoms with van der Waals surface area (Å²) in [6.45, 7) is 0.485. The first kappa shape index (κ1) is 23.3. The number of rotatable bonds is 7. The van der Waals surface area contributed by atoms with Crippen LogP contribution in [0.3, 0.4) is 0 Å². The van der Waals surface area contributed by atoms with Crippen LogP contribution in [0.5, 0.6) is 0 Å². The fourth-order valence-corrected chi connectivity index (χ4v) is 4.45. The number of hydrogen-bond acceptors (Lipinski definition) is 6. The summed E-state index contributed by atoms with van der Waals surface area (Å²) in [7, 11) is 3.04. The standard InChI is InChI=1S/C26H23N3O4S/c1-28(16-18-9-5-3-6-10-18)23(30)17-34-26-27-22-15-19(25(32)33-2)13-14-21(22)24(31)29(26)20-11-7-4-8-12-20/h3-15H,16-17H2,1-2H3. The number of hydrogen-bond donors (Lipinski definition) is 0. The van der Waals surface area contributed by atoms with Gasteiger partial charge in [0.05, 0.1) is 35.0 Å². The first-order valence-electron chi connectivity index (χ1n) is 10.6. The molecule has 172 valence electrons. The highest BCUT2D eigenvalue weighted by Crippen LogP contribution is 2.23. The van der Waals surface area contributed by atoms with Crippen molar-refractivity contribution >= 4 is 34.5 Å². The Hall–Kier alpha value is -3.91. The molecule has 0 N–H and O–H groups in total. The van der Waals surface area contributed by atoms with E-state index in [9.17, 15) is 14.4 Å². The molecule has 4 aromatic rings. The number of para-hydroxylation sites is 1. The molecule has 0 atom stereocenters. The molecule has 1 aromatic heterocycles. The van der Waals surface area contributed by atoms with E-state index in [0.717, 1.165) is 5.56 Å². The maximum Gasteiger partial charge on any atom is 0.337 e. The second kappa shape index (κ2) is 10.4. The number of carbonyl (C=O) groups excluding carboxylic acids is 2. The van der Waals surface area contributed by atoms with Gasteiger partial charge in [-0.1, -0.05) is 60.3 Å². The number of esters is 1. The first-order valence-corrected chi connectivity index (χ1v) is 11.6. The predicted octanol–water partition coefficient (Wildman–Crippen LogP) is 3.92. The maximum absolute atomic E-state index is 13.4. The van der Waals surface area contributed by atoms with Gasteiger partial charge in [0.25, 0.3) is 5.56 Å². The van der Waals surface area contributed by atoms with E-state index in [1.165, 1.54) is 29.5 Å². The Labute approximate surface area is 201 Å². The lowest BCUT2D eigenvalue weighted by Crippen LogP contribution is -2.28. The quantitative estimate of drug-likeness (QED) is 0.230. The lowest BCUT2D eigenvalue weighted by Gasteiger charge is -2.18. The van der Waals surface area contributed by atoms with Crippen LogP contribution in [0.25, 0.3) is 16.6 Å². The molecule has 0 spiro atoms. The van der Waals surface area contributed by atoms with Crippen LogP contribution < -0.4 is 5.56 Å². The molecule has 0 aliphatic rings. The largest absolute Gasteiger partial charge is 0.465 e. The minimum Gasteiger partial charge on any atom is -0.465 e. The Morgan fingerprint density at radius 2 is 1.68 bits per heavy atom. The minimum atomic E-state index is -0.511. The zero-order valence-corrected chi connectivity index (χ0v) is 19.6. The summed E-state index contributed by atoms with van der Waals surface area (Å²) >= 11 is 1.18. The van der Waals surface area contributed by atoms with Gasteiger partial charge < -0.3 is 9.64 Å². The van der Waals surface area contributed by atoms with Crippen molar-refractivity contribution in [1.82, 2.24) is 14.5 Å². The average Bonchev–Trinajstić information content (AvgIpc) is 2.87. The van der Waals surface area contributed by atoms with Crippen LogP contribution in [0.2, 0.25) is 0 Å². The van der Waals surface area contributed by atoms with Crippen molar-refractivity contribution < 1.29 is 14.3 Å². The number of ether oxygens (including phenoxy) is 1. The smallest absolute Gasteiger partial charge is 0.337 e. The molecule has 34 heavy (non-hydrogen) atoms. The first-order chi connectivity index (χ1) is 16.5. The Balaban J connectivity index is 1.68. The average molecular weight is 474 g/mol. The van der Waals surface area contributed by atoms with Crippen molar-refractivity contribution in [1.29, 1.82) is 0 Å². The molecule has 4 rings (SSSR count). The SMILES string of the molecule is COC(=O)c1ccc2c(=O)n(-c3ccccc3)c(SCC(=O)N(C)Cc3ccccc3)nc2c1. The molecule has 0 unspecified atom stereocenters. The topological polar surface area (TPSA) is 81.5 Å². The van der Waals surface area contributed by atoms with Gasteiger partial charge in [-0.3, -0.25) is 14.2 Å². The Morgan fingerprint density at radius 3 is 2.35 bits per heavy atom. The van der Waals surface area contributed by atoms with Crippen LogP contribution in [-0.2, 0) is 16.1 Å². The van der Waals surface area contributed by atoms with Gasteiger partial charge in [0, 0.05) is 13.6 Å². The van der Waals surface area contributed by atoms with Crippen molar-refractivity contribution in [3.63, 3.8) is 0 Å². The second-order valence-corrected chi connectivity index (χ2v) is 8.56. The van der Waals surface area contributed by atoms with Crippen LogP contribution in [0.4, 0.5) is 0 Å². The molecular formula is C26H23N3O4S. The molecule has 0 aliphatic heterocycles. The van der Waals surface area contributed by atoms with Crippen molar-refractivity contribution in [2.24, 2.45) is 0 Å². The van der Waals surface area contributed by atoms with Crippen LogP contribution in [-0.4, -0.2) is 46.2 Å². The van der Waals surface area contributed by atoms with E-state index in [4.69, 9.17) is 4.74 Å². The van der Waals surface area contributed by atoms with Gasteiger partial charge in [0.2, 0.25) is 5.91 Å². The number of aromatic nitrogens is 2. The highest BCUT2D eigenvalue weighted by atomic mass is 32.2. The maximum atomic E-state index is 13.4. The molecular weight excluding hydrogens is 450 g/mol. The molecule has 0 saturated heterocycles. The molecule has 7 nitrogen and oxygen atoms in total. The third-order valence-corrected chi connectivity index (χ3v) is 6.21. The summed E-state index contributed by atoms with van der Waals surface area (Å²) in [5, 5.41) is 0.737. The van der Waals surface area contributed by atoms with E-state index < -0.39 is 5.97 Å². The fourth-order valence-electron chi connectivity index (χ4n) is 3.49. The summed E-state index contributed by atoms with van der Waals surface area (Å²) in [4.78, 5) is 44.5. The predicted molar refractivity (Wildman–Crippen MR) is 132 cm³/mol. The number of methoxy groups -OCH3 is 1. The normalized spacial score (nSPS) is 10.8. The number of amides is 1. The van der Waals surface area contributed by atoms with Crippen molar-refractivity contribution in [3.8, 4) is 5.69 Å². The third-order valence-electron chi connectivity index (χ3n) is 5.29. The minimum absolute atomic E-state index is 0.0916. The molecule has 3 aromatic carbocycles. The van der Waals surface area contributed by atoms with E-state index in [2.05, 4.69) is 4.98 Å². The number of fused-ring (bicyclic) bond motifs is 1. The fraction of sp³-hybridized carbons (Fsp3) is 0.154. The number of benzene rings is 3. The molecule has 0 radical (unpaired) electrons. The Morgan fingerprint density at radius 1 is 1.00 bits per heavy atom. The van der Waals surface area contributed by atoms with Gasteiger partial charge in [0.1, 0.15) is 0 Å². The van der Waals surface area contributed by atoms with Gasteiger partial charge in [-0.05, 0) is 35.9 Å². The molecule has 0 fully saturated rings. The van der Waals surface area contributed by atoms with E-state index in [-0.39, 0.29) is 17.2 Å². The number of thioether (sulfide) groups is 1. The van der Waals surface area contributed by atoms with Crippen molar-refractivity contribution in [3.05, 3.63) is 100 Å². The monoisotopic (exact) mass is 473 g/mol. The van der Waals surface area contributed by atoms with E-state index in [0.29, 0.717) is 33.9 Å². The lowest BCUT2D eigenvalue weighted by molar-refractivity contribution is -0.127.